The highest BCUT2D eigenvalue weighted by Gasteiger charge is 2.14. The molecule has 0 radical (unpaired) electrons. The maximum Gasteiger partial charge on any atom is 0.139 e. The summed E-state index contributed by atoms with van der Waals surface area (Å²) in [5.41, 5.74) is 8.70. The van der Waals surface area contributed by atoms with E-state index in [1.165, 1.54) is 0 Å². The molecule has 2 N–H and O–H groups in total. The first-order valence-corrected chi connectivity index (χ1v) is 6.26. The molecule has 0 aliphatic carbocycles. The lowest BCUT2D eigenvalue weighted by Gasteiger charge is -2.08. The second-order valence-corrected chi connectivity index (χ2v) is 4.20. The van der Waals surface area contributed by atoms with E-state index in [1.54, 1.807) is 0 Å². The lowest BCUT2D eigenvalue weighted by Crippen LogP contribution is -1.97. The fourth-order valence-electron chi connectivity index (χ4n) is 2.16. The van der Waals surface area contributed by atoms with E-state index in [1.807, 2.05) is 60.0 Å². The number of ether oxygens (including phenoxy) is 1. The number of hydrogen-bond donors (Lipinski definition) is 1. The van der Waals surface area contributed by atoms with Crippen LogP contribution in [-0.2, 0) is 0 Å². The number of benzene rings is 1. The van der Waals surface area contributed by atoms with E-state index < -0.39 is 0 Å². The quantitative estimate of drug-likeness (QED) is 0.780. The third-order valence-electron chi connectivity index (χ3n) is 3.01. The number of nitrogen functional groups attached to an aromatic ring is 1. The van der Waals surface area contributed by atoms with Crippen molar-refractivity contribution in [1.82, 2.24) is 9.38 Å². The van der Waals surface area contributed by atoms with Crippen molar-refractivity contribution in [2.75, 3.05) is 12.3 Å². The second-order valence-electron chi connectivity index (χ2n) is 4.20. The largest absolute Gasteiger partial charge is 0.493 e. The van der Waals surface area contributed by atoms with Gasteiger partial charge in [0.1, 0.15) is 22.9 Å². The number of anilines is 1. The molecule has 0 saturated carbocycles. The van der Waals surface area contributed by atoms with E-state index in [4.69, 9.17) is 10.5 Å². The lowest BCUT2D eigenvalue weighted by molar-refractivity contribution is 0.341. The summed E-state index contributed by atoms with van der Waals surface area (Å²) in [6.07, 6.45) is 1.91. The van der Waals surface area contributed by atoms with Gasteiger partial charge in [-0.3, -0.25) is 4.40 Å². The summed E-state index contributed by atoms with van der Waals surface area (Å²) < 4.78 is 7.51. The number of hydrogen-bond acceptors (Lipinski definition) is 3. The Bertz CT molecular complexity index is 718. The number of pyridine rings is 1. The highest BCUT2D eigenvalue weighted by atomic mass is 16.5. The first kappa shape index (κ1) is 11.6. The number of imidazole rings is 1. The summed E-state index contributed by atoms with van der Waals surface area (Å²) in [4.78, 5) is 4.58. The normalized spacial score (nSPS) is 10.8. The average molecular weight is 253 g/mol. The van der Waals surface area contributed by atoms with Crippen molar-refractivity contribution in [3.05, 3.63) is 48.7 Å². The summed E-state index contributed by atoms with van der Waals surface area (Å²) in [6, 6.07) is 13.6. The predicted octanol–water partition coefficient (Wildman–Crippen LogP) is 2.98. The summed E-state index contributed by atoms with van der Waals surface area (Å²) in [5.74, 6) is 1.43. The molecule has 2 heterocycles. The minimum absolute atomic E-state index is 0.615. The topological polar surface area (TPSA) is 52.5 Å². The van der Waals surface area contributed by atoms with Gasteiger partial charge in [0.2, 0.25) is 0 Å². The Kier molecular flexibility index (Phi) is 2.83. The van der Waals surface area contributed by atoms with Gasteiger partial charge in [-0.25, -0.2) is 4.98 Å². The van der Waals surface area contributed by atoms with Gasteiger partial charge in [0, 0.05) is 11.8 Å². The fraction of sp³-hybridized carbons (Fsp3) is 0.133. The molecule has 4 heteroatoms. The molecule has 0 aliphatic heterocycles. The molecule has 0 saturated heterocycles. The Morgan fingerprint density at radius 2 is 1.95 bits per heavy atom. The summed E-state index contributed by atoms with van der Waals surface area (Å²) >= 11 is 0. The molecule has 19 heavy (non-hydrogen) atoms. The zero-order valence-electron chi connectivity index (χ0n) is 10.7. The van der Waals surface area contributed by atoms with Crippen molar-refractivity contribution in [3.8, 4) is 17.0 Å². The molecule has 2 aromatic heterocycles. The molecule has 0 aliphatic rings. The molecule has 0 bridgehead atoms. The molecule has 0 fully saturated rings. The molecule has 96 valence electrons. The van der Waals surface area contributed by atoms with Gasteiger partial charge in [-0.15, -0.1) is 0 Å². The van der Waals surface area contributed by atoms with Gasteiger partial charge in [-0.1, -0.05) is 18.2 Å². The van der Waals surface area contributed by atoms with Crippen LogP contribution >= 0.6 is 0 Å². The van der Waals surface area contributed by atoms with Crippen LogP contribution in [0.4, 0.5) is 5.82 Å². The Labute approximate surface area is 111 Å². The number of aromatic nitrogens is 2. The highest BCUT2D eigenvalue weighted by Crippen LogP contribution is 2.33. The molecule has 1 aromatic carbocycles. The van der Waals surface area contributed by atoms with Gasteiger partial charge in [0.15, 0.2) is 0 Å². The standard InChI is InChI=1S/C15H15N3O/c1-2-19-12-8-4-3-7-11(12)14-15(16)18-10-6-5-9-13(18)17-14/h3-10H,2,16H2,1H3. The maximum absolute atomic E-state index is 6.18. The molecular formula is C15H15N3O. The SMILES string of the molecule is CCOc1ccccc1-c1nc2ccccn2c1N. The van der Waals surface area contributed by atoms with Crippen molar-refractivity contribution in [2.24, 2.45) is 0 Å². The van der Waals surface area contributed by atoms with Crippen LogP contribution in [-0.4, -0.2) is 16.0 Å². The van der Waals surface area contributed by atoms with Crippen LogP contribution in [0.1, 0.15) is 6.92 Å². The van der Waals surface area contributed by atoms with Gasteiger partial charge in [0.05, 0.1) is 6.61 Å². The molecule has 0 amide bonds. The van der Waals surface area contributed by atoms with E-state index in [0.29, 0.717) is 12.4 Å². The van der Waals surface area contributed by atoms with Crippen LogP contribution in [0.15, 0.2) is 48.7 Å². The predicted molar refractivity (Wildman–Crippen MR) is 76.2 cm³/mol. The smallest absolute Gasteiger partial charge is 0.139 e. The van der Waals surface area contributed by atoms with Crippen LogP contribution in [0.3, 0.4) is 0 Å². The van der Waals surface area contributed by atoms with Crippen LogP contribution < -0.4 is 10.5 Å². The molecule has 0 atom stereocenters. The molecule has 3 aromatic rings. The Morgan fingerprint density at radius 3 is 2.74 bits per heavy atom. The first-order chi connectivity index (χ1) is 9.31. The van der Waals surface area contributed by atoms with Gasteiger partial charge in [-0.2, -0.15) is 0 Å². The van der Waals surface area contributed by atoms with Crippen LogP contribution in [0.2, 0.25) is 0 Å². The number of nitrogens with two attached hydrogens (primary N) is 1. The second kappa shape index (κ2) is 4.65. The number of para-hydroxylation sites is 1. The molecule has 3 rings (SSSR count). The Morgan fingerprint density at radius 1 is 1.16 bits per heavy atom. The van der Waals surface area contributed by atoms with E-state index in [9.17, 15) is 0 Å². The van der Waals surface area contributed by atoms with Crippen molar-refractivity contribution < 1.29 is 4.74 Å². The zero-order valence-corrected chi connectivity index (χ0v) is 10.7. The van der Waals surface area contributed by atoms with Crippen molar-refractivity contribution in [2.45, 2.75) is 6.92 Å². The lowest BCUT2D eigenvalue weighted by atomic mass is 10.1. The summed E-state index contributed by atoms with van der Waals surface area (Å²) in [5, 5.41) is 0. The van der Waals surface area contributed by atoms with Gasteiger partial charge >= 0.3 is 0 Å². The summed E-state index contributed by atoms with van der Waals surface area (Å²) in [7, 11) is 0. The van der Waals surface area contributed by atoms with Crippen LogP contribution in [0.25, 0.3) is 16.9 Å². The van der Waals surface area contributed by atoms with Crippen molar-refractivity contribution in [1.29, 1.82) is 0 Å². The number of fused-ring (bicyclic) bond motifs is 1. The first-order valence-electron chi connectivity index (χ1n) is 6.26. The minimum atomic E-state index is 0.615. The Hall–Kier alpha value is -2.49. The zero-order chi connectivity index (χ0) is 13.2. The minimum Gasteiger partial charge on any atom is -0.493 e. The van der Waals surface area contributed by atoms with Crippen molar-refractivity contribution >= 4 is 11.5 Å². The third kappa shape index (κ3) is 1.91. The molecule has 0 spiro atoms. The molecule has 0 unspecified atom stereocenters. The summed E-state index contributed by atoms with van der Waals surface area (Å²) in [6.45, 7) is 2.58. The van der Waals surface area contributed by atoms with E-state index in [2.05, 4.69) is 4.98 Å². The third-order valence-corrected chi connectivity index (χ3v) is 3.01. The molecular weight excluding hydrogens is 238 g/mol. The average Bonchev–Trinajstić information content (AvgIpc) is 2.78. The van der Waals surface area contributed by atoms with E-state index >= 15 is 0 Å². The monoisotopic (exact) mass is 253 g/mol. The Balaban J connectivity index is 2.22. The molecule has 4 nitrogen and oxygen atoms in total. The van der Waals surface area contributed by atoms with Crippen LogP contribution in [0, 0.1) is 0 Å². The maximum atomic E-state index is 6.18. The number of nitrogens with zero attached hydrogens (tertiary/aromatic N) is 2. The van der Waals surface area contributed by atoms with Gasteiger partial charge < -0.3 is 10.5 Å². The van der Waals surface area contributed by atoms with Crippen LogP contribution in [0.5, 0.6) is 5.75 Å². The van der Waals surface area contributed by atoms with E-state index in [0.717, 1.165) is 22.7 Å². The van der Waals surface area contributed by atoms with Crippen molar-refractivity contribution in [3.63, 3.8) is 0 Å². The van der Waals surface area contributed by atoms with Gasteiger partial charge in [0.25, 0.3) is 0 Å². The van der Waals surface area contributed by atoms with E-state index in [-0.39, 0.29) is 0 Å². The van der Waals surface area contributed by atoms with Gasteiger partial charge in [-0.05, 0) is 31.2 Å². The highest BCUT2D eigenvalue weighted by molar-refractivity contribution is 5.78. The number of rotatable bonds is 3. The fourth-order valence-corrected chi connectivity index (χ4v) is 2.16.